The summed E-state index contributed by atoms with van der Waals surface area (Å²) >= 11 is 5.13. The van der Waals surface area contributed by atoms with E-state index >= 15 is 0 Å². The molecule has 1 heterocycles. The number of rotatable bonds is 5. The standard InChI is InChI=1S/C15H22FN3S/c1-2-14(15(17)20)19-8-6-18(7-9-19)11-12-4-3-5-13(16)10-12/h3-5,10,14H,2,6-9,11H2,1H3,(H2,17,20). The van der Waals surface area contributed by atoms with Gasteiger partial charge in [0.25, 0.3) is 0 Å². The monoisotopic (exact) mass is 295 g/mol. The minimum atomic E-state index is -0.166. The third kappa shape index (κ3) is 3.98. The van der Waals surface area contributed by atoms with E-state index in [1.807, 2.05) is 6.07 Å². The zero-order chi connectivity index (χ0) is 14.5. The van der Waals surface area contributed by atoms with E-state index in [2.05, 4.69) is 16.7 Å². The third-order valence-corrected chi connectivity index (χ3v) is 4.13. The topological polar surface area (TPSA) is 32.5 Å². The van der Waals surface area contributed by atoms with Crippen molar-refractivity contribution in [3.63, 3.8) is 0 Å². The van der Waals surface area contributed by atoms with Gasteiger partial charge in [0.05, 0.1) is 11.0 Å². The quantitative estimate of drug-likeness (QED) is 0.842. The lowest BCUT2D eigenvalue weighted by molar-refractivity contribution is 0.112. The molecular formula is C15H22FN3S. The second kappa shape index (κ2) is 7.11. The molecule has 1 aromatic carbocycles. The molecule has 1 fully saturated rings. The van der Waals surface area contributed by atoms with E-state index in [1.54, 1.807) is 12.1 Å². The fraction of sp³-hybridized carbons (Fsp3) is 0.533. The van der Waals surface area contributed by atoms with Gasteiger partial charge in [-0.05, 0) is 24.1 Å². The van der Waals surface area contributed by atoms with E-state index in [0.717, 1.165) is 44.7 Å². The minimum absolute atomic E-state index is 0.166. The molecule has 0 aliphatic carbocycles. The molecule has 0 spiro atoms. The second-order valence-corrected chi connectivity index (χ2v) is 5.74. The van der Waals surface area contributed by atoms with Crippen LogP contribution in [0.2, 0.25) is 0 Å². The van der Waals surface area contributed by atoms with Crippen molar-refractivity contribution < 1.29 is 4.39 Å². The number of nitrogens with zero attached hydrogens (tertiary/aromatic N) is 2. The summed E-state index contributed by atoms with van der Waals surface area (Å²) in [7, 11) is 0. The first-order valence-electron chi connectivity index (χ1n) is 7.10. The number of halogens is 1. The molecule has 2 rings (SSSR count). The first-order valence-corrected chi connectivity index (χ1v) is 7.51. The van der Waals surface area contributed by atoms with Crippen molar-refractivity contribution in [2.75, 3.05) is 26.2 Å². The summed E-state index contributed by atoms with van der Waals surface area (Å²) in [4.78, 5) is 5.29. The van der Waals surface area contributed by atoms with Crippen LogP contribution in [0, 0.1) is 5.82 Å². The van der Waals surface area contributed by atoms with E-state index in [9.17, 15) is 4.39 Å². The van der Waals surface area contributed by atoms with E-state index in [0.29, 0.717) is 4.99 Å². The van der Waals surface area contributed by atoms with Gasteiger partial charge in [-0.1, -0.05) is 31.3 Å². The Labute approximate surface area is 125 Å². The summed E-state index contributed by atoms with van der Waals surface area (Å²) in [6.07, 6.45) is 0.958. The number of thiocarbonyl (C=S) groups is 1. The van der Waals surface area contributed by atoms with E-state index in [1.165, 1.54) is 6.07 Å². The average molecular weight is 295 g/mol. The first kappa shape index (κ1) is 15.4. The summed E-state index contributed by atoms with van der Waals surface area (Å²) in [6.45, 7) is 6.78. The number of hydrogen-bond acceptors (Lipinski definition) is 3. The molecular weight excluding hydrogens is 273 g/mol. The molecule has 1 saturated heterocycles. The molecule has 3 nitrogen and oxygen atoms in total. The highest BCUT2D eigenvalue weighted by molar-refractivity contribution is 7.80. The molecule has 2 N–H and O–H groups in total. The minimum Gasteiger partial charge on any atom is -0.392 e. The average Bonchev–Trinajstić information content (AvgIpc) is 2.41. The number of hydrogen-bond donors (Lipinski definition) is 1. The summed E-state index contributed by atoms with van der Waals surface area (Å²) < 4.78 is 13.2. The molecule has 1 aromatic rings. The van der Waals surface area contributed by atoms with Gasteiger partial charge in [-0.15, -0.1) is 0 Å². The number of piperazine rings is 1. The molecule has 1 aliphatic rings. The lowest BCUT2D eigenvalue weighted by Gasteiger charge is -2.38. The Morgan fingerprint density at radius 1 is 1.35 bits per heavy atom. The highest BCUT2D eigenvalue weighted by Gasteiger charge is 2.24. The van der Waals surface area contributed by atoms with Gasteiger partial charge in [0.2, 0.25) is 0 Å². The molecule has 1 atom stereocenters. The van der Waals surface area contributed by atoms with Crippen LogP contribution in [0.1, 0.15) is 18.9 Å². The van der Waals surface area contributed by atoms with Crippen molar-refractivity contribution in [1.29, 1.82) is 0 Å². The fourth-order valence-electron chi connectivity index (χ4n) is 2.77. The van der Waals surface area contributed by atoms with Crippen molar-refractivity contribution in [2.24, 2.45) is 5.73 Å². The van der Waals surface area contributed by atoms with Crippen LogP contribution >= 0.6 is 12.2 Å². The zero-order valence-electron chi connectivity index (χ0n) is 11.9. The Kier molecular flexibility index (Phi) is 5.46. The molecule has 0 bridgehead atoms. The van der Waals surface area contributed by atoms with Crippen LogP contribution < -0.4 is 5.73 Å². The largest absolute Gasteiger partial charge is 0.392 e. The van der Waals surface area contributed by atoms with Crippen LogP contribution in [0.3, 0.4) is 0 Å². The molecule has 0 saturated carbocycles. The zero-order valence-corrected chi connectivity index (χ0v) is 12.7. The van der Waals surface area contributed by atoms with E-state index in [-0.39, 0.29) is 11.9 Å². The predicted octanol–water partition coefficient (Wildman–Crippen LogP) is 2.01. The lowest BCUT2D eigenvalue weighted by Crippen LogP contribution is -2.53. The van der Waals surface area contributed by atoms with Gasteiger partial charge in [-0.2, -0.15) is 0 Å². The van der Waals surface area contributed by atoms with Crippen LogP contribution in [-0.2, 0) is 6.54 Å². The fourth-order valence-corrected chi connectivity index (χ4v) is 3.08. The van der Waals surface area contributed by atoms with Gasteiger partial charge in [0.15, 0.2) is 0 Å². The Balaban J connectivity index is 1.86. The maximum absolute atomic E-state index is 13.2. The highest BCUT2D eigenvalue weighted by Crippen LogP contribution is 2.13. The van der Waals surface area contributed by atoms with Crippen molar-refractivity contribution in [1.82, 2.24) is 9.80 Å². The van der Waals surface area contributed by atoms with Crippen LogP contribution in [0.15, 0.2) is 24.3 Å². The van der Waals surface area contributed by atoms with Crippen molar-refractivity contribution in [3.8, 4) is 0 Å². The molecule has 20 heavy (non-hydrogen) atoms. The van der Waals surface area contributed by atoms with Gasteiger partial charge in [0.1, 0.15) is 5.82 Å². The summed E-state index contributed by atoms with van der Waals surface area (Å²) in [6, 6.07) is 7.03. The molecule has 1 aliphatic heterocycles. The van der Waals surface area contributed by atoms with Gasteiger partial charge in [-0.25, -0.2) is 4.39 Å². The Morgan fingerprint density at radius 2 is 2.05 bits per heavy atom. The van der Waals surface area contributed by atoms with Crippen LogP contribution in [0.25, 0.3) is 0 Å². The molecule has 1 unspecified atom stereocenters. The number of nitrogens with two attached hydrogens (primary N) is 1. The normalized spacial score (nSPS) is 18.9. The van der Waals surface area contributed by atoms with Crippen molar-refractivity contribution in [2.45, 2.75) is 25.9 Å². The van der Waals surface area contributed by atoms with Crippen molar-refractivity contribution >= 4 is 17.2 Å². The third-order valence-electron chi connectivity index (χ3n) is 3.86. The first-order chi connectivity index (χ1) is 9.60. The van der Waals surface area contributed by atoms with Crippen LogP contribution in [0.4, 0.5) is 4.39 Å². The Bertz CT molecular complexity index is 458. The second-order valence-electron chi connectivity index (χ2n) is 5.27. The summed E-state index contributed by atoms with van der Waals surface area (Å²) in [5.74, 6) is -0.166. The SMILES string of the molecule is CCC(C(N)=S)N1CCN(Cc2cccc(F)c2)CC1. The van der Waals surface area contributed by atoms with E-state index < -0.39 is 0 Å². The number of benzene rings is 1. The molecule has 0 radical (unpaired) electrons. The maximum Gasteiger partial charge on any atom is 0.123 e. The lowest BCUT2D eigenvalue weighted by atomic mass is 10.1. The molecule has 0 amide bonds. The van der Waals surface area contributed by atoms with Crippen LogP contribution in [0.5, 0.6) is 0 Å². The van der Waals surface area contributed by atoms with E-state index in [4.69, 9.17) is 18.0 Å². The Morgan fingerprint density at radius 3 is 2.60 bits per heavy atom. The highest BCUT2D eigenvalue weighted by atomic mass is 32.1. The predicted molar refractivity (Wildman–Crippen MR) is 84.1 cm³/mol. The molecule has 5 heteroatoms. The van der Waals surface area contributed by atoms with Crippen molar-refractivity contribution in [3.05, 3.63) is 35.6 Å². The van der Waals surface area contributed by atoms with Gasteiger partial charge < -0.3 is 5.73 Å². The smallest absolute Gasteiger partial charge is 0.123 e. The van der Waals surface area contributed by atoms with Gasteiger partial charge in [0, 0.05) is 32.7 Å². The Hall–Kier alpha value is -1.04. The molecule has 110 valence electrons. The summed E-state index contributed by atoms with van der Waals surface area (Å²) in [5, 5.41) is 0. The van der Waals surface area contributed by atoms with Gasteiger partial charge in [-0.3, -0.25) is 9.80 Å². The summed E-state index contributed by atoms with van der Waals surface area (Å²) in [5.41, 5.74) is 6.82. The van der Waals surface area contributed by atoms with Gasteiger partial charge >= 0.3 is 0 Å². The molecule has 0 aromatic heterocycles. The maximum atomic E-state index is 13.2. The van der Waals surface area contributed by atoms with Crippen LogP contribution in [-0.4, -0.2) is 47.0 Å².